The molecule has 2 heterocycles. The van der Waals surface area contributed by atoms with Crippen LogP contribution in [0.5, 0.6) is 0 Å². The first-order chi connectivity index (χ1) is 10.1. The number of hydrogen-bond acceptors (Lipinski definition) is 4. The van der Waals surface area contributed by atoms with Gasteiger partial charge in [-0.05, 0) is 39.4 Å². The molecule has 118 valence electrons. The molecule has 0 saturated carbocycles. The Kier molecular flexibility index (Phi) is 6.08. The van der Waals surface area contributed by atoms with Gasteiger partial charge in [-0.15, -0.1) is 0 Å². The molecular weight excluding hydrogens is 267 g/mol. The number of aromatic nitrogens is 1. The van der Waals surface area contributed by atoms with E-state index in [4.69, 9.17) is 0 Å². The van der Waals surface area contributed by atoms with Crippen molar-refractivity contribution in [3.63, 3.8) is 0 Å². The molecule has 2 rings (SSSR count). The van der Waals surface area contributed by atoms with Gasteiger partial charge in [0.1, 0.15) is 5.82 Å². The Morgan fingerprint density at radius 2 is 1.95 bits per heavy atom. The Labute approximate surface area is 127 Å². The molecule has 1 saturated heterocycles. The summed E-state index contributed by atoms with van der Waals surface area (Å²) in [7, 11) is 1.94. The maximum atomic E-state index is 12.9. The molecule has 0 radical (unpaired) electrons. The van der Waals surface area contributed by atoms with Gasteiger partial charge in [0, 0.05) is 38.8 Å². The van der Waals surface area contributed by atoms with Crippen molar-refractivity contribution >= 4 is 0 Å². The summed E-state index contributed by atoms with van der Waals surface area (Å²) in [5.74, 6) is -0.279. The zero-order chi connectivity index (χ0) is 15.2. The summed E-state index contributed by atoms with van der Waals surface area (Å²) in [5, 5.41) is 3.28. The van der Waals surface area contributed by atoms with E-state index in [1.54, 1.807) is 6.07 Å². The zero-order valence-corrected chi connectivity index (χ0v) is 13.3. The lowest BCUT2D eigenvalue weighted by Crippen LogP contribution is -2.49. The summed E-state index contributed by atoms with van der Waals surface area (Å²) in [5.41, 5.74) is 0.916. The van der Waals surface area contributed by atoms with Gasteiger partial charge in [-0.25, -0.2) is 4.39 Å². The fourth-order valence-electron chi connectivity index (χ4n) is 2.85. The van der Waals surface area contributed by atoms with Gasteiger partial charge >= 0.3 is 0 Å². The highest BCUT2D eigenvalue weighted by atomic mass is 19.1. The van der Waals surface area contributed by atoms with E-state index in [1.165, 1.54) is 12.3 Å². The third-order valence-electron chi connectivity index (χ3n) is 4.33. The first kappa shape index (κ1) is 16.3. The fraction of sp³-hybridized carbons (Fsp3) is 0.688. The van der Waals surface area contributed by atoms with Crippen molar-refractivity contribution in [1.29, 1.82) is 0 Å². The molecule has 1 unspecified atom stereocenters. The van der Waals surface area contributed by atoms with Crippen LogP contribution in [-0.2, 0) is 0 Å². The molecule has 1 aliphatic rings. The van der Waals surface area contributed by atoms with E-state index in [1.807, 2.05) is 7.05 Å². The van der Waals surface area contributed by atoms with Crippen molar-refractivity contribution in [3.05, 3.63) is 29.8 Å². The van der Waals surface area contributed by atoms with E-state index in [2.05, 4.69) is 33.9 Å². The Morgan fingerprint density at radius 3 is 2.48 bits per heavy atom. The normalized spacial score (nSPS) is 19.1. The second-order valence-electron chi connectivity index (χ2n) is 6.00. The molecule has 1 aliphatic heterocycles. The van der Waals surface area contributed by atoms with Crippen molar-refractivity contribution in [2.75, 3.05) is 39.8 Å². The summed E-state index contributed by atoms with van der Waals surface area (Å²) in [6.07, 6.45) is 2.29. The monoisotopic (exact) mass is 294 g/mol. The van der Waals surface area contributed by atoms with Crippen LogP contribution >= 0.6 is 0 Å². The van der Waals surface area contributed by atoms with E-state index in [-0.39, 0.29) is 11.9 Å². The highest BCUT2D eigenvalue weighted by Crippen LogP contribution is 2.16. The molecule has 5 heteroatoms. The van der Waals surface area contributed by atoms with Crippen LogP contribution in [0.4, 0.5) is 4.39 Å². The average molecular weight is 294 g/mol. The maximum Gasteiger partial charge on any atom is 0.141 e. The van der Waals surface area contributed by atoms with Gasteiger partial charge in [0.05, 0.1) is 17.9 Å². The van der Waals surface area contributed by atoms with Crippen LogP contribution in [0.15, 0.2) is 18.3 Å². The molecule has 0 aliphatic carbocycles. The van der Waals surface area contributed by atoms with Crippen LogP contribution < -0.4 is 5.32 Å². The first-order valence-electron chi connectivity index (χ1n) is 7.85. The summed E-state index contributed by atoms with van der Waals surface area (Å²) in [6, 6.07) is 4.08. The summed E-state index contributed by atoms with van der Waals surface area (Å²) >= 11 is 0. The van der Waals surface area contributed by atoms with E-state index in [0.29, 0.717) is 6.04 Å². The van der Waals surface area contributed by atoms with E-state index >= 15 is 0 Å². The summed E-state index contributed by atoms with van der Waals surface area (Å²) in [6.45, 7) is 10.1. The van der Waals surface area contributed by atoms with Crippen LogP contribution in [-0.4, -0.2) is 60.6 Å². The lowest BCUT2D eigenvalue weighted by Gasteiger charge is -2.37. The molecule has 1 aromatic heterocycles. The van der Waals surface area contributed by atoms with Crippen LogP contribution in [0, 0.1) is 5.82 Å². The van der Waals surface area contributed by atoms with Gasteiger partial charge in [-0.2, -0.15) is 0 Å². The number of nitrogens with zero attached hydrogens (tertiary/aromatic N) is 3. The first-order valence-corrected chi connectivity index (χ1v) is 7.85. The Hall–Kier alpha value is -1.04. The number of pyridine rings is 1. The molecule has 0 aromatic carbocycles. The average Bonchev–Trinajstić information content (AvgIpc) is 2.50. The van der Waals surface area contributed by atoms with Crippen molar-refractivity contribution in [1.82, 2.24) is 20.1 Å². The van der Waals surface area contributed by atoms with E-state index in [0.717, 1.165) is 44.8 Å². The summed E-state index contributed by atoms with van der Waals surface area (Å²) < 4.78 is 12.9. The number of hydrogen-bond donors (Lipinski definition) is 1. The van der Waals surface area contributed by atoms with Crippen molar-refractivity contribution in [2.45, 2.75) is 32.4 Å². The molecule has 1 atom stereocenters. The minimum absolute atomic E-state index is 0.189. The number of piperazine rings is 1. The molecule has 1 aromatic rings. The summed E-state index contributed by atoms with van der Waals surface area (Å²) in [4.78, 5) is 9.21. The number of nitrogens with one attached hydrogen (secondary N) is 1. The van der Waals surface area contributed by atoms with Gasteiger partial charge in [0.2, 0.25) is 0 Å². The predicted molar refractivity (Wildman–Crippen MR) is 83.8 cm³/mol. The minimum atomic E-state index is -0.279. The van der Waals surface area contributed by atoms with Crippen LogP contribution in [0.2, 0.25) is 0 Å². The van der Waals surface area contributed by atoms with Gasteiger partial charge < -0.3 is 10.2 Å². The highest BCUT2D eigenvalue weighted by molar-refractivity contribution is 5.09. The van der Waals surface area contributed by atoms with E-state index in [9.17, 15) is 4.39 Å². The van der Waals surface area contributed by atoms with Crippen LogP contribution in [0.25, 0.3) is 0 Å². The molecule has 1 N–H and O–H groups in total. The molecule has 4 nitrogen and oxygen atoms in total. The maximum absolute atomic E-state index is 12.9. The molecule has 0 bridgehead atoms. The van der Waals surface area contributed by atoms with Gasteiger partial charge in [-0.3, -0.25) is 9.88 Å². The highest BCUT2D eigenvalue weighted by Gasteiger charge is 2.20. The predicted octanol–water partition coefficient (Wildman–Crippen LogP) is 1.90. The van der Waals surface area contributed by atoms with Gasteiger partial charge in [0.25, 0.3) is 0 Å². The van der Waals surface area contributed by atoms with Crippen molar-refractivity contribution in [3.8, 4) is 0 Å². The Bertz CT molecular complexity index is 413. The molecule has 0 amide bonds. The second-order valence-corrected chi connectivity index (χ2v) is 6.00. The lowest BCUT2D eigenvalue weighted by molar-refractivity contribution is 0.105. The van der Waals surface area contributed by atoms with Crippen LogP contribution in [0.3, 0.4) is 0 Å². The third-order valence-corrected chi connectivity index (χ3v) is 4.33. The zero-order valence-electron chi connectivity index (χ0n) is 13.3. The molecular formula is C16H27FN4. The van der Waals surface area contributed by atoms with Gasteiger partial charge in [-0.1, -0.05) is 0 Å². The fourth-order valence-corrected chi connectivity index (χ4v) is 2.85. The minimum Gasteiger partial charge on any atom is -0.312 e. The Balaban J connectivity index is 1.80. The van der Waals surface area contributed by atoms with Gasteiger partial charge in [0.15, 0.2) is 0 Å². The van der Waals surface area contributed by atoms with Crippen LogP contribution in [0.1, 0.15) is 32.0 Å². The standard InChI is InChI=1S/C16H27FN4/c1-13(2)21-10-8-20(9-11-21)7-6-15(18-3)16-5-4-14(17)12-19-16/h4-5,12-13,15,18H,6-11H2,1-3H3. The van der Waals surface area contributed by atoms with Crippen molar-refractivity contribution < 1.29 is 4.39 Å². The molecule has 21 heavy (non-hydrogen) atoms. The topological polar surface area (TPSA) is 31.4 Å². The third kappa shape index (κ3) is 4.73. The van der Waals surface area contributed by atoms with Crippen molar-refractivity contribution in [2.24, 2.45) is 0 Å². The number of rotatable bonds is 6. The molecule has 1 fully saturated rings. The largest absolute Gasteiger partial charge is 0.312 e. The number of halogens is 1. The van der Waals surface area contributed by atoms with E-state index < -0.39 is 0 Å². The SMILES string of the molecule is CNC(CCN1CCN(C(C)C)CC1)c1ccc(F)cn1. The Morgan fingerprint density at radius 1 is 1.24 bits per heavy atom. The smallest absolute Gasteiger partial charge is 0.141 e. The lowest BCUT2D eigenvalue weighted by atomic mass is 10.1. The molecule has 0 spiro atoms. The second kappa shape index (κ2) is 7.82. The quantitative estimate of drug-likeness (QED) is 0.868.